The number of nitrogens with zero attached hydrogens (tertiary/aromatic N) is 1. The minimum absolute atomic E-state index is 0.223. The van der Waals surface area contributed by atoms with Gasteiger partial charge in [-0.3, -0.25) is 9.59 Å². The van der Waals surface area contributed by atoms with Crippen LogP contribution in [0, 0.1) is 5.82 Å². The monoisotopic (exact) mass is 340 g/mol. The molecule has 0 aliphatic carbocycles. The van der Waals surface area contributed by atoms with Gasteiger partial charge in [0.15, 0.2) is 0 Å². The summed E-state index contributed by atoms with van der Waals surface area (Å²) in [4.78, 5) is 31.0. The summed E-state index contributed by atoms with van der Waals surface area (Å²) in [5, 5.41) is 6.23. The van der Waals surface area contributed by atoms with Gasteiger partial charge >= 0.3 is 0 Å². The van der Waals surface area contributed by atoms with Gasteiger partial charge in [0.2, 0.25) is 11.8 Å². The van der Waals surface area contributed by atoms with Crippen molar-refractivity contribution >= 4 is 28.5 Å². The molecule has 6 nitrogen and oxygen atoms in total. The van der Waals surface area contributed by atoms with Crippen LogP contribution in [0.3, 0.4) is 0 Å². The van der Waals surface area contributed by atoms with Crippen molar-refractivity contribution in [2.75, 3.05) is 5.32 Å². The molecule has 0 saturated heterocycles. The molecule has 0 fully saturated rings. The number of fused-ring (bicyclic) bond motifs is 1. The van der Waals surface area contributed by atoms with E-state index in [2.05, 4.69) is 20.6 Å². The van der Waals surface area contributed by atoms with E-state index in [0.717, 1.165) is 22.7 Å². The lowest BCUT2D eigenvalue weighted by Gasteiger charge is -2.17. The standard InChI is InChI=1S/C18H17FN4O2/c1-11(24)22-16(18(25)23-17-7-6-13(19)10-21-17)8-12-9-20-15-5-3-2-4-14(12)15/h2-7,9-10,16,20H,8H2,1H3,(H,22,24)(H,21,23,25). The third kappa shape index (κ3) is 4.00. The number of hydrogen-bond donors (Lipinski definition) is 3. The molecule has 0 aliphatic heterocycles. The number of hydrogen-bond acceptors (Lipinski definition) is 3. The Balaban J connectivity index is 1.80. The third-order valence-corrected chi connectivity index (χ3v) is 3.77. The molecule has 1 aromatic carbocycles. The first-order chi connectivity index (χ1) is 12.0. The summed E-state index contributed by atoms with van der Waals surface area (Å²) in [6.07, 6.45) is 3.15. The molecule has 3 rings (SSSR count). The smallest absolute Gasteiger partial charge is 0.248 e. The van der Waals surface area contributed by atoms with Gasteiger partial charge < -0.3 is 15.6 Å². The predicted molar refractivity (Wildman–Crippen MR) is 92.4 cm³/mol. The van der Waals surface area contributed by atoms with Crippen molar-refractivity contribution in [2.24, 2.45) is 0 Å². The maximum absolute atomic E-state index is 12.9. The molecule has 1 unspecified atom stereocenters. The van der Waals surface area contributed by atoms with Gasteiger partial charge in [-0.25, -0.2) is 9.37 Å². The van der Waals surface area contributed by atoms with Crippen LogP contribution in [0.5, 0.6) is 0 Å². The average Bonchev–Trinajstić information content (AvgIpc) is 2.99. The van der Waals surface area contributed by atoms with E-state index in [4.69, 9.17) is 0 Å². The highest BCUT2D eigenvalue weighted by Crippen LogP contribution is 2.19. The number of H-pyrrole nitrogens is 1. The highest BCUT2D eigenvalue weighted by molar-refractivity contribution is 5.97. The number of halogens is 1. The Hall–Kier alpha value is -3.22. The Labute approximate surface area is 143 Å². The number of aromatic nitrogens is 2. The summed E-state index contributed by atoms with van der Waals surface area (Å²) >= 11 is 0. The number of nitrogens with one attached hydrogen (secondary N) is 3. The summed E-state index contributed by atoms with van der Waals surface area (Å²) < 4.78 is 12.9. The zero-order chi connectivity index (χ0) is 17.8. The van der Waals surface area contributed by atoms with Crippen LogP contribution in [0.1, 0.15) is 12.5 Å². The molecule has 2 heterocycles. The average molecular weight is 340 g/mol. The van der Waals surface area contributed by atoms with E-state index in [1.807, 2.05) is 30.5 Å². The second kappa shape index (κ2) is 7.12. The highest BCUT2D eigenvalue weighted by atomic mass is 19.1. The Morgan fingerprint density at radius 1 is 1.24 bits per heavy atom. The van der Waals surface area contributed by atoms with Crippen molar-refractivity contribution in [3.8, 4) is 0 Å². The van der Waals surface area contributed by atoms with Crippen LogP contribution in [0.25, 0.3) is 10.9 Å². The molecule has 3 aromatic rings. The van der Waals surface area contributed by atoms with Gasteiger partial charge in [-0.1, -0.05) is 18.2 Å². The summed E-state index contributed by atoms with van der Waals surface area (Å²) in [7, 11) is 0. The molecule has 0 saturated carbocycles. The van der Waals surface area contributed by atoms with E-state index >= 15 is 0 Å². The molecule has 2 amide bonds. The Bertz CT molecular complexity index is 905. The van der Waals surface area contributed by atoms with Crippen molar-refractivity contribution in [3.63, 3.8) is 0 Å². The first kappa shape index (κ1) is 16.6. The number of carbonyl (C=O) groups excluding carboxylic acids is 2. The fourth-order valence-corrected chi connectivity index (χ4v) is 2.64. The van der Waals surface area contributed by atoms with E-state index in [1.54, 1.807) is 0 Å². The second-order valence-corrected chi connectivity index (χ2v) is 5.67. The van der Waals surface area contributed by atoms with E-state index in [0.29, 0.717) is 6.42 Å². The molecular weight excluding hydrogens is 323 g/mol. The largest absolute Gasteiger partial charge is 0.361 e. The summed E-state index contributed by atoms with van der Waals surface area (Å²) in [6, 6.07) is 9.51. The zero-order valence-electron chi connectivity index (χ0n) is 13.5. The molecular formula is C18H17FN4O2. The summed E-state index contributed by atoms with van der Waals surface area (Å²) in [5.74, 6) is -0.998. The van der Waals surface area contributed by atoms with Crippen LogP contribution in [0.2, 0.25) is 0 Å². The van der Waals surface area contributed by atoms with E-state index in [1.165, 1.54) is 19.1 Å². The predicted octanol–water partition coefficient (Wildman–Crippen LogP) is 2.39. The summed E-state index contributed by atoms with van der Waals surface area (Å²) in [5.41, 5.74) is 1.87. The normalized spacial score (nSPS) is 11.9. The first-order valence-electron chi connectivity index (χ1n) is 7.77. The number of para-hydroxylation sites is 1. The van der Waals surface area contributed by atoms with Gasteiger partial charge in [0, 0.05) is 30.4 Å². The Morgan fingerprint density at radius 3 is 2.76 bits per heavy atom. The quantitative estimate of drug-likeness (QED) is 0.666. The van der Waals surface area contributed by atoms with Gasteiger partial charge in [-0.15, -0.1) is 0 Å². The lowest BCUT2D eigenvalue weighted by molar-refractivity contribution is -0.125. The number of benzene rings is 1. The lowest BCUT2D eigenvalue weighted by atomic mass is 10.0. The lowest BCUT2D eigenvalue weighted by Crippen LogP contribution is -2.44. The number of rotatable bonds is 5. The van der Waals surface area contributed by atoms with Crippen LogP contribution in [-0.4, -0.2) is 27.8 Å². The number of amides is 2. The van der Waals surface area contributed by atoms with E-state index < -0.39 is 17.8 Å². The number of pyridine rings is 1. The molecule has 0 radical (unpaired) electrons. The van der Waals surface area contributed by atoms with Crippen LogP contribution < -0.4 is 10.6 Å². The second-order valence-electron chi connectivity index (χ2n) is 5.67. The van der Waals surface area contributed by atoms with Gasteiger partial charge in [-0.2, -0.15) is 0 Å². The van der Waals surface area contributed by atoms with Crippen molar-refractivity contribution < 1.29 is 14.0 Å². The maximum Gasteiger partial charge on any atom is 0.248 e. The number of anilines is 1. The topological polar surface area (TPSA) is 86.9 Å². The fourth-order valence-electron chi connectivity index (χ4n) is 2.64. The highest BCUT2D eigenvalue weighted by Gasteiger charge is 2.22. The van der Waals surface area contributed by atoms with E-state index in [-0.39, 0.29) is 11.7 Å². The van der Waals surface area contributed by atoms with Crippen molar-refractivity contribution in [1.29, 1.82) is 0 Å². The first-order valence-corrected chi connectivity index (χ1v) is 7.77. The summed E-state index contributed by atoms with van der Waals surface area (Å²) in [6.45, 7) is 1.35. The minimum atomic E-state index is -0.774. The van der Waals surface area contributed by atoms with Crippen molar-refractivity contribution in [2.45, 2.75) is 19.4 Å². The molecule has 0 aliphatic rings. The molecule has 128 valence electrons. The van der Waals surface area contributed by atoms with E-state index in [9.17, 15) is 14.0 Å². The molecule has 2 aromatic heterocycles. The molecule has 1 atom stereocenters. The Kier molecular flexibility index (Phi) is 4.74. The maximum atomic E-state index is 12.9. The van der Waals surface area contributed by atoms with Crippen LogP contribution in [0.15, 0.2) is 48.8 Å². The van der Waals surface area contributed by atoms with Crippen LogP contribution in [0.4, 0.5) is 10.2 Å². The van der Waals surface area contributed by atoms with Crippen molar-refractivity contribution in [1.82, 2.24) is 15.3 Å². The molecule has 7 heteroatoms. The van der Waals surface area contributed by atoms with Crippen LogP contribution in [-0.2, 0) is 16.0 Å². The van der Waals surface area contributed by atoms with Gasteiger partial charge in [0.1, 0.15) is 17.7 Å². The third-order valence-electron chi connectivity index (χ3n) is 3.77. The minimum Gasteiger partial charge on any atom is -0.361 e. The fraction of sp³-hybridized carbons (Fsp3) is 0.167. The SMILES string of the molecule is CC(=O)NC(Cc1c[nH]c2ccccc12)C(=O)Nc1ccc(F)cn1. The number of aromatic amines is 1. The number of carbonyl (C=O) groups is 2. The molecule has 3 N–H and O–H groups in total. The van der Waals surface area contributed by atoms with Crippen molar-refractivity contribution in [3.05, 3.63) is 60.2 Å². The van der Waals surface area contributed by atoms with Gasteiger partial charge in [0.25, 0.3) is 0 Å². The molecule has 25 heavy (non-hydrogen) atoms. The van der Waals surface area contributed by atoms with Gasteiger partial charge in [-0.05, 0) is 23.8 Å². The zero-order valence-corrected chi connectivity index (χ0v) is 13.5. The Morgan fingerprint density at radius 2 is 2.04 bits per heavy atom. The van der Waals surface area contributed by atoms with Crippen LogP contribution >= 0.6 is 0 Å². The molecule has 0 bridgehead atoms. The molecule has 0 spiro atoms. The van der Waals surface area contributed by atoms with Gasteiger partial charge in [0.05, 0.1) is 6.20 Å².